The fraction of sp³-hybridized carbons (Fsp3) is 0.357. The zero-order valence-corrected chi connectivity index (χ0v) is 12.0. The van der Waals surface area contributed by atoms with Crippen LogP contribution in [0, 0.1) is 0 Å². The van der Waals surface area contributed by atoms with Crippen molar-refractivity contribution in [2.45, 2.75) is 6.42 Å². The van der Waals surface area contributed by atoms with Crippen molar-refractivity contribution in [3.05, 3.63) is 35.4 Å². The van der Waals surface area contributed by atoms with Gasteiger partial charge in [-0.05, 0) is 24.1 Å². The maximum absolute atomic E-state index is 11.7. The van der Waals surface area contributed by atoms with Crippen LogP contribution in [0.5, 0.6) is 0 Å². The average Bonchev–Trinajstić information content (AvgIpc) is 2.47. The second kappa shape index (κ2) is 7.88. The largest absolute Gasteiger partial charge is 0.478 e. The Hall–Kier alpha value is -2.57. The predicted octanol–water partition coefficient (Wildman–Crippen LogP) is 0.315. The van der Waals surface area contributed by atoms with E-state index in [2.05, 4.69) is 10.6 Å². The van der Waals surface area contributed by atoms with Crippen LogP contribution < -0.4 is 10.6 Å². The molecule has 7 heteroatoms. The van der Waals surface area contributed by atoms with E-state index in [0.717, 1.165) is 5.56 Å². The number of carboxylic acids is 1. The Morgan fingerprint density at radius 1 is 1.19 bits per heavy atom. The zero-order valence-electron chi connectivity index (χ0n) is 12.0. The molecule has 7 nitrogen and oxygen atoms in total. The van der Waals surface area contributed by atoms with Crippen molar-refractivity contribution < 1.29 is 19.5 Å². The van der Waals surface area contributed by atoms with Gasteiger partial charge < -0.3 is 20.6 Å². The quantitative estimate of drug-likeness (QED) is 0.703. The summed E-state index contributed by atoms with van der Waals surface area (Å²) >= 11 is 0. The van der Waals surface area contributed by atoms with Gasteiger partial charge in [-0.25, -0.2) is 9.59 Å². The minimum absolute atomic E-state index is 0.00432. The van der Waals surface area contributed by atoms with Crippen molar-refractivity contribution in [2.24, 2.45) is 0 Å². The highest BCUT2D eigenvalue weighted by molar-refractivity contribution is 5.87. The van der Waals surface area contributed by atoms with Gasteiger partial charge in [0.1, 0.15) is 6.54 Å². The maximum Gasteiger partial charge on any atom is 0.335 e. The van der Waals surface area contributed by atoms with Crippen LogP contribution >= 0.6 is 0 Å². The van der Waals surface area contributed by atoms with Gasteiger partial charge in [0, 0.05) is 20.6 Å². The molecule has 114 valence electrons. The van der Waals surface area contributed by atoms with E-state index in [1.165, 1.54) is 31.1 Å². The molecule has 0 unspecified atom stereocenters. The van der Waals surface area contributed by atoms with Gasteiger partial charge in [0.2, 0.25) is 5.91 Å². The molecular weight excluding hydrogens is 274 g/mol. The minimum atomic E-state index is -0.967. The molecule has 0 aromatic heterocycles. The molecular formula is C14H19N3O4. The summed E-state index contributed by atoms with van der Waals surface area (Å²) in [6, 6.07) is 6.14. The van der Waals surface area contributed by atoms with E-state index in [-0.39, 0.29) is 24.0 Å². The van der Waals surface area contributed by atoms with Crippen molar-refractivity contribution in [1.29, 1.82) is 0 Å². The third kappa shape index (κ3) is 5.52. The second-order valence-corrected chi connectivity index (χ2v) is 4.51. The van der Waals surface area contributed by atoms with Crippen LogP contribution in [0.4, 0.5) is 4.79 Å². The van der Waals surface area contributed by atoms with Crippen molar-refractivity contribution >= 4 is 17.9 Å². The van der Waals surface area contributed by atoms with E-state index in [4.69, 9.17) is 5.11 Å². The molecule has 0 aliphatic carbocycles. The van der Waals surface area contributed by atoms with Gasteiger partial charge in [-0.3, -0.25) is 4.79 Å². The average molecular weight is 293 g/mol. The molecule has 0 saturated carbocycles. The highest BCUT2D eigenvalue weighted by atomic mass is 16.4. The fourth-order valence-corrected chi connectivity index (χ4v) is 1.63. The van der Waals surface area contributed by atoms with Crippen LogP contribution in [-0.4, -0.2) is 55.1 Å². The first-order valence-electron chi connectivity index (χ1n) is 6.46. The number of amides is 3. The molecule has 1 aromatic rings. The first-order valence-corrected chi connectivity index (χ1v) is 6.46. The number of aromatic carboxylic acids is 1. The first kappa shape index (κ1) is 16.5. The summed E-state index contributed by atoms with van der Waals surface area (Å²) < 4.78 is 0. The molecule has 0 saturated heterocycles. The topological polar surface area (TPSA) is 98.7 Å². The third-order valence-corrected chi connectivity index (χ3v) is 2.90. The Labute approximate surface area is 122 Å². The van der Waals surface area contributed by atoms with Gasteiger partial charge in [0.15, 0.2) is 0 Å². The van der Waals surface area contributed by atoms with E-state index in [0.29, 0.717) is 13.0 Å². The number of carboxylic acid groups (broad SMARTS) is 1. The number of hydrogen-bond acceptors (Lipinski definition) is 3. The Kier molecular flexibility index (Phi) is 6.19. The molecule has 0 bridgehead atoms. The smallest absolute Gasteiger partial charge is 0.335 e. The molecule has 3 amide bonds. The van der Waals surface area contributed by atoms with Gasteiger partial charge in [-0.2, -0.15) is 0 Å². The summed E-state index contributed by atoms with van der Waals surface area (Å²) in [6.07, 6.45) is 0.583. The number of carbonyl (C=O) groups is 3. The lowest BCUT2D eigenvalue weighted by atomic mass is 10.1. The molecule has 0 spiro atoms. The molecule has 0 atom stereocenters. The standard InChI is InChI=1S/C14H19N3O4/c1-15-12(18)9-17(2)14(21)16-8-7-10-3-5-11(6-4-10)13(19)20/h3-6H,7-9H2,1-2H3,(H,15,18)(H,16,21)(H,19,20). The van der Waals surface area contributed by atoms with E-state index < -0.39 is 5.97 Å². The SMILES string of the molecule is CNC(=O)CN(C)C(=O)NCCc1ccc(C(=O)O)cc1. The van der Waals surface area contributed by atoms with Crippen LogP contribution in [0.25, 0.3) is 0 Å². The summed E-state index contributed by atoms with van der Waals surface area (Å²) in [4.78, 5) is 34.8. The highest BCUT2D eigenvalue weighted by Gasteiger charge is 2.11. The molecule has 3 N–H and O–H groups in total. The molecule has 1 rings (SSSR count). The van der Waals surface area contributed by atoms with Crippen LogP contribution in [-0.2, 0) is 11.2 Å². The Bertz CT molecular complexity index is 513. The lowest BCUT2D eigenvalue weighted by Gasteiger charge is -2.16. The lowest BCUT2D eigenvalue weighted by molar-refractivity contribution is -0.120. The maximum atomic E-state index is 11.7. The molecule has 0 fully saturated rings. The van der Waals surface area contributed by atoms with Crippen molar-refractivity contribution in [2.75, 3.05) is 27.2 Å². The number of hydrogen-bond donors (Lipinski definition) is 3. The number of likely N-dealkylation sites (N-methyl/N-ethyl adjacent to an activating group) is 2. The van der Waals surface area contributed by atoms with Crippen LogP contribution in [0.3, 0.4) is 0 Å². The lowest BCUT2D eigenvalue weighted by Crippen LogP contribution is -2.43. The fourth-order valence-electron chi connectivity index (χ4n) is 1.63. The molecule has 0 aliphatic heterocycles. The summed E-state index contributed by atoms with van der Waals surface area (Å²) in [5, 5.41) is 13.9. The Balaban J connectivity index is 2.37. The summed E-state index contributed by atoms with van der Waals surface area (Å²) in [5.74, 6) is -1.21. The molecule has 0 heterocycles. The van der Waals surface area contributed by atoms with Gasteiger partial charge in [0.25, 0.3) is 0 Å². The van der Waals surface area contributed by atoms with Crippen LogP contribution in [0.2, 0.25) is 0 Å². The van der Waals surface area contributed by atoms with Crippen LogP contribution in [0.1, 0.15) is 15.9 Å². The number of nitrogens with zero attached hydrogens (tertiary/aromatic N) is 1. The van der Waals surface area contributed by atoms with E-state index in [1.807, 2.05) is 0 Å². The van der Waals surface area contributed by atoms with Crippen LogP contribution in [0.15, 0.2) is 24.3 Å². The first-order chi connectivity index (χ1) is 9.93. The normalized spacial score (nSPS) is 9.81. The van der Waals surface area contributed by atoms with E-state index in [1.54, 1.807) is 12.1 Å². The number of rotatable bonds is 6. The van der Waals surface area contributed by atoms with Gasteiger partial charge >= 0.3 is 12.0 Å². The third-order valence-electron chi connectivity index (χ3n) is 2.90. The zero-order chi connectivity index (χ0) is 15.8. The van der Waals surface area contributed by atoms with Crippen molar-refractivity contribution in [3.63, 3.8) is 0 Å². The summed E-state index contributed by atoms with van der Waals surface area (Å²) in [7, 11) is 3.04. The van der Waals surface area contributed by atoms with Gasteiger partial charge in [0.05, 0.1) is 5.56 Å². The molecule has 1 aromatic carbocycles. The number of carbonyl (C=O) groups excluding carboxylic acids is 2. The van der Waals surface area contributed by atoms with E-state index in [9.17, 15) is 14.4 Å². The Morgan fingerprint density at radius 2 is 1.81 bits per heavy atom. The van der Waals surface area contributed by atoms with Gasteiger partial charge in [-0.1, -0.05) is 12.1 Å². The van der Waals surface area contributed by atoms with Crippen molar-refractivity contribution in [1.82, 2.24) is 15.5 Å². The number of urea groups is 1. The Morgan fingerprint density at radius 3 is 2.33 bits per heavy atom. The monoisotopic (exact) mass is 293 g/mol. The van der Waals surface area contributed by atoms with Gasteiger partial charge in [-0.15, -0.1) is 0 Å². The number of benzene rings is 1. The molecule has 0 radical (unpaired) electrons. The second-order valence-electron chi connectivity index (χ2n) is 4.51. The van der Waals surface area contributed by atoms with Crippen molar-refractivity contribution in [3.8, 4) is 0 Å². The van der Waals surface area contributed by atoms with E-state index >= 15 is 0 Å². The molecule has 21 heavy (non-hydrogen) atoms. The summed E-state index contributed by atoms with van der Waals surface area (Å²) in [5.41, 5.74) is 1.15. The molecule has 0 aliphatic rings. The number of nitrogens with one attached hydrogen (secondary N) is 2. The highest BCUT2D eigenvalue weighted by Crippen LogP contribution is 2.04. The minimum Gasteiger partial charge on any atom is -0.478 e. The predicted molar refractivity (Wildman–Crippen MR) is 77.2 cm³/mol. The summed E-state index contributed by atoms with van der Waals surface area (Å²) in [6.45, 7) is 0.402.